The molecular weight excluding hydrogens is 286 g/mol. The van der Waals surface area contributed by atoms with Gasteiger partial charge in [0, 0.05) is 18.1 Å². The van der Waals surface area contributed by atoms with Crippen LogP contribution in [0.2, 0.25) is 4.34 Å². The van der Waals surface area contributed by atoms with Crippen LogP contribution in [0.4, 0.5) is 0 Å². The highest BCUT2D eigenvalue weighted by atomic mass is 35.5. The summed E-state index contributed by atoms with van der Waals surface area (Å²) in [5, 5.41) is 11.0. The Hall–Kier alpha value is -1.30. The monoisotopic (exact) mass is 297 g/mol. The second-order valence-corrected chi connectivity index (χ2v) is 5.96. The first-order valence-corrected chi connectivity index (χ1v) is 7.00. The number of nitrogens with zero attached hydrogens (tertiary/aromatic N) is 1. The van der Waals surface area contributed by atoms with Gasteiger partial charge in [-0.2, -0.15) is 0 Å². The van der Waals surface area contributed by atoms with E-state index in [1.165, 1.54) is 11.3 Å². The van der Waals surface area contributed by atoms with Crippen molar-refractivity contribution in [2.45, 2.75) is 18.6 Å². The first-order valence-electron chi connectivity index (χ1n) is 5.81. The van der Waals surface area contributed by atoms with Gasteiger partial charge in [-0.1, -0.05) is 11.6 Å². The van der Waals surface area contributed by atoms with Crippen molar-refractivity contribution < 1.29 is 14.6 Å². The van der Waals surface area contributed by atoms with Crippen LogP contribution in [0.15, 0.2) is 24.4 Å². The van der Waals surface area contributed by atoms with E-state index in [1.54, 1.807) is 19.4 Å². The van der Waals surface area contributed by atoms with Crippen molar-refractivity contribution in [1.29, 1.82) is 0 Å². The second kappa shape index (κ2) is 5.00. The Morgan fingerprint density at radius 3 is 3.05 bits per heavy atom. The van der Waals surface area contributed by atoms with Crippen molar-refractivity contribution in [1.82, 2.24) is 4.98 Å². The van der Waals surface area contributed by atoms with Crippen molar-refractivity contribution in [3.8, 4) is 11.5 Å². The van der Waals surface area contributed by atoms with Gasteiger partial charge in [-0.3, -0.25) is 0 Å². The summed E-state index contributed by atoms with van der Waals surface area (Å²) >= 11 is 7.25. The average Bonchev–Trinajstić information content (AvgIpc) is 2.84. The smallest absolute Gasteiger partial charge is 0.153 e. The van der Waals surface area contributed by atoms with Gasteiger partial charge in [0.25, 0.3) is 0 Å². The van der Waals surface area contributed by atoms with Crippen LogP contribution in [0.25, 0.3) is 0 Å². The molecule has 1 aliphatic rings. The third kappa shape index (κ3) is 2.41. The van der Waals surface area contributed by atoms with Crippen molar-refractivity contribution in [3.05, 3.63) is 39.3 Å². The number of aromatic nitrogens is 1. The number of halogens is 1. The van der Waals surface area contributed by atoms with Crippen LogP contribution in [0, 0.1) is 0 Å². The molecule has 1 aromatic heterocycles. The topological polar surface area (TPSA) is 51.6 Å². The van der Waals surface area contributed by atoms with E-state index in [1.807, 2.05) is 12.1 Å². The molecule has 0 saturated heterocycles. The zero-order valence-electron chi connectivity index (χ0n) is 10.2. The predicted molar refractivity (Wildman–Crippen MR) is 73.1 cm³/mol. The van der Waals surface area contributed by atoms with E-state index in [4.69, 9.17) is 21.1 Å². The molecule has 0 spiro atoms. The van der Waals surface area contributed by atoms with E-state index in [9.17, 15) is 5.11 Å². The Bertz CT molecular complexity index is 601. The summed E-state index contributed by atoms with van der Waals surface area (Å²) in [6.07, 6.45) is 1.23. The molecule has 6 heteroatoms. The van der Waals surface area contributed by atoms with Crippen LogP contribution >= 0.6 is 22.9 Å². The molecule has 3 rings (SSSR count). The maximum absolute atomic E-state index is 10.2. The van der Waals surface area contributed by atoms with Crippen LogP contribution in [0.1, 0.15) is 29.2 Å². The highest BCUT2D eigenvalue weighted by Gasteiger charge is 2.30. The van der Waals surface area contributed by atoms with E-state index >= 15 is 0 Å². The number of hydrogen-bond donors (Lipinski definition) is 1. The normalized spacial score (nSPS) is 21.6. The van der Waals surface area contributed by atoms with Gasteiger partial charge in [0.2, 0.25) is 0 Å². The lowest BCUT2D eigenvalue weighted by Crippen LogP contribution is -2.18. The summed E-state index contributed by atoms with van der Waals surface area (Å²) in [5.74, 6) is 1.33. The van der Waals surface area contributed by atoms with E-state index in [-0.39, 0.29) is 6.10 Å². The van der Waals surface area contributed by atoms with Crippen molar-refractivity contribution in [3.63, 3.8) is 0 Å². The van der Waals surface area contributed by atoms with Gasteiger partial charge in [-0.25, -0.2) is 4.98 Å². The maximum atomic E-state index is 10.2. The molecule has 2 aromatic rings. The number of methoxy groups -OCH3 is 1. The minimum Gasteiger partial charge on any atom is -0.497 e. The summed E-state index contributed by atoms with van der Waals surface area (Å²) < 4.78 is 11.7. The molecule has 0 saturated carbocycles. The fraction of sp³-hybridized carbons (Fsp3) is 0.308. The molecule has 0 bridgehead atoms. The van der Waals surface area contributed by atoms with E-state index in [2.05, 4.69) is 4.98 Å². The first kappa shape index (κ1) is 12.7. The lowest BCUT2D eigenvalue weighted by atomic mass is 9.99. The molecule has 0 amide bonds. The molecule has 0 aliphatic carbocycles. The summed E-state index contributed by atoms with van der Waals surface area (Å²) in [5.41, 5.74) is 0.778. The zero-order chi connectivity index (χ0) is 13.4. The van der Waals surface area contributed by atoms with Gasteiger partial charge < -0.3 is 14.6 Å². The van der Waals surface area contributed by atoms with E-state index < -0.39 is 6.10 Å². The number of aliphatic hydroxyl groups excluding tert-OH is 1. The van der Waals surface area contributed by atoms with E-state index in [0.29, 0.717) is 22.3 Å². The predicted octanol–water partition coefficient (Wildman–Crippen LogP) is 3.36. The number of ether oxygens (including phenoxy) is 2. The second-order valence-electron chi connectivity index (χ2n) is 4.26. The first-order chi connectivity index (χ1) is 9.17. The van der Waals surface area contributed by atoms with Crippen LogP contribution in [-0.4, -0.2) is 17.2 Å². The van der Waals surface area contributed by atoms with Gasteiger partial charge in [-0.05, 0) is 12.1 Å². The Morgan fingerprint density at radius 1 is 1.53 bits per heavy atom. The number of aliphatic hydroxyl groups is 1. The molecule has 1 N–H and O–H groups in total. The Kier molecular flexibility index (Phi) is 3.35. The lowest BCUT2D eigenvalue weighted by molar-refractivity contribution is 0.0653. The largest absolute Gasteiger partial charge is 0.497 e. The summed E-state index contributed by atoms with van der Waals surface area (Å²) in [7, 11) is 1.60. The van der Waals surface area contributed by atoms with Crippen molar-refractivity contribution in [2.75, 3.05) is 7.11 Å². The Morgan fingerprint density at radius 2 is 2.37 bits per heavy atom. The summed E-state index contributed by atoms with van der Waals surface area (Å²) in [4.78, 5) is 4.21. The molecule has 4 nitrogen and oxygen atoms in total. The molecule has 0 radical (unpaired) electrons. The van der Waals surface area contributed by atoms with Gasteiger partial charge in [0.05, 0.1) is 19.4 Å². The molecule has 2 atom stereocenters. The Balaban J connectivity index is 1.93. The van der Waals surface area contributed by atoms with Crippen molar-refractivity contribution in [2.24, 2.45) is 0 Å². The number of thiazole rings is 1. The minimum atomic E-state index is -0.567. The number of hydrogen-bond acceptors (Lipinski definition) is 5. The number of fused-ring (bicyclic) bond motifs is 1. The van der Waals surface area contributed by atoms with Gasteiger partial charge >= 0.3 is 0 Å². The average molecular weight is 298 g/mol. The van der Waals surface area contributed by atoms with Crippen LogP contribution in [0.3, 0.4) is 0 Å². The highest BCUT2D eigenvalue weighted by Crippen LogP contribution is 2.43. The van der Waals surface area contributed by atoms with Gasteiger partial charge in [0.15, 0.2) is 6.10 Å². The molecule has 100 valence electrons. The zero-order valence-corrected chi connectivity index (χ0v) is 11.7. The number of benzene rings is 1. The molecule has 2 heterocycles. The molecular formula is C13H12ClNO3S. The Labute approximate surface area is 119 Å². The third-order valence-corrected chi connectivity index (χ3v) is 4.26. The lowest BCUT2D eigenvalue weighted by Gasteiger charge is -2.28. The fourth-order valence-electron chi connectivity index (χ4n) is 2.12. The van der Waals surface area contributed by atoms with Crippen LogP contribution in [0.5, 0.6) is 11.5 Å². The van der Waals surface area contributed by atoms with E-state index in [0.717, 1.165) is 10.6 Å². The standard InChI is InChI=1S/C13H12ClNO3S/c1-17-7-2-3-8-9(16)5-11(18-10(8)4-7)13-15-6-12(14)19-13/h2-4,6,9,11,16H,5H2,1H3/t9-,11?/m0/s1. The number of rotatable bonds is 2. The van der Waals surface area contributed by atoms with Gasteiger partial charge in [-0.15, -0.1) is 11.3 Å². The molecule has 1 aromatic carbocycles. The molecule has 1 unspecified atom stereocenters. The minimum absolute atomic E-state index is 0.271. The van der Waals surface area contributed by atoms with Gasteiger partial charge in [0.1, 0.15) is 20.8 Å². The highest BCUT2D eigenvalue weighted by molar-refractivity contribution is 7.15. The summed E-state index contributed by atoms with van der Waals surface area (Å²) in [6, 6.07) is 5.41. The fourth-order valence-corrected chi connectivity index (χ4v) is 3.09. The molecule has 19 heavy (non-hydrogen) atoms. The van der Waals surface area contributed by atoms with Crippen LogP contribution < -0.4 is 9.47 Å². The molecule has 0 fully saturated rings. The SMILES string of the molecule is COc1ccc2c(c1)OC(c1ncc(Cl)s1)C[C@@H]2O. The van der Waals surface area contributed by atoms with Crippen LogP contribution in [-0.2, 0) is 0 Å². The quantitative estimate of drug-likeness (QED) is 0.923. The third-order valence-electron chi connectivity index (χ3n) is 3.06. The maximum Gasteiger partial charge on any atom is 0.153 e. The molecule has 1 aliphatic heterocycles. The van der Waals surface area contributed by atoms with Crippen molar-refractivity contribution >= 4 is 22.9 Å². The summed E-state index contributed by atoms with van der Waals surface area (Å²) in [6.45, 7) is 0.